The minimum absolute atomic E-state index is 0.208. The molecule has 0 bridgehead atoms. The molecule has 45 heavy (non-hydrogen) atoms. The zero-order valence-corrected chi connectivity index (χ0v) is 26.0. The van der Waals surface area contributed by atoms with Crippen LogP contribution in [0.25, 0.3) is 11.3 Å². The lowest BCUT2D eigenvalue weighted by Crippen LogP contribution is -2.20. The fourth-order valence-electron chi connectivity index (χ4n) is 4.63. The zero-order chi connectivity index (χ0) is 31.7. The molecule has 0 fully saturated rings. The molecule has 0 aliphatic carbocycles. The van der Waals surface area contributed by atoms with Gasteiger partial charge < -0.3 is 35.5 Å². The molecule has 0 saturated carbocycles. The summed E-state index contributed by atoms with van der Waals surface area (Å²) >= 11 is 0. The molecule has 0 saturated heterocycles. The Balaban J connectivity index is 1.35. The van der Waals surface area contributed by atoms with E-state index in [1.165, 1.54) is 0 Å². The number of ether oxygens (including phenoxy) is 3. The van der Waals surface area contributed by atoms with Crippen molar-refractivity contribution in [3.8, 4) is 11.8 Å². The molecule has 1 aliphatic heterocycles. The van der Waals surface area contributed by atoms with Gasteiger partial charge in [0.1, 0.15) is 0 Å². The van der Waals surface area contributed by atoms with Gasteiger partial charge in [-0.05, 0) is 48.7 Å². The van der Waals surface area contributed by atoms with E-state index in [9.17, 15) is 9.59 Å². The summed E-state index contributed by atoms with van der Waals surface area (Å²) in [7, 11) is 0. The Hall–Kier alpha value is -4.46. The molecular weight excluding hydrogens is 568 g/mol. The van der Waals surface area contributed by atoms with E-state index in [-0.39, 0.29) is 11.8 Å². The summed E-state index contributed by atoms with van der Waals surface area (Å²) in [4.78, 5) is 25.1. The van der Waals surface area contributed by atoms with E-state index in [1.807, 2.05) is 61.5 Å². The fourth-order valence-corrected chi connectivity index (χ4v) is 4.63. The van der Waals surface area contributed by atoms with Crippen LogP contribution in [0.4, 0.5) is 11.4 Å². The lowest BCUT2D eigenvalue weighted by atomic mass is 9.99. The summed E-state index contributed by atoms with van der Waals surface area (Å²) in [6, 6.07) is 23.4. The third-order valence-electron chi connectivity index (χ3n) is 6.80. The van der Waals surface area contributed by atoms with Crippen LogP contribution in [0.3, 0.4) is 0 Å². The second-order valence-corrected chi connectivity index (χ2v) is 10.3. The molecule has 1 aliphatic rings. The van der Waals surface area contributed by atoms with Gasteiger partial charge in [0.25, 0.3) is 11.8 Å². The molecule has 0 unspecified atom stereocenters. The van der Waals surface area contributed by atoms with Gasteiger partial charge in [-0.25, -0.2) is 0 Å². The van der Waals surface area contributed by atoms with Gasteiger partial charge in [0, 0.05) is 49.0 Å². The summed E-state index contributed by atoms with van der Waals surface area (Å²) in [6.45, 7) is 9.60. The second kappa shape index (κ2) is 18.4. The van der Waals surface area contributed by atoms with Crippen LogP contribution in [-0.2, 0) is 30.3 Å². The smallest absolute Gasteiger partial charge is 0.296 e. The number of amides is 2. The molecule has 0 spiro atoms. The number of benzene rings is 3. The molecule has 2 amide bonds. The van der Waals surface area contributed by atoms with Gasteiger partial charge in [-0.2, -0.15) is 0 Å². The minimum atomic E-state index is -0.338. The monoisotopic (exact) mass is 610 g/mol. The van der Waals surface area contributed by atoms with Crippen molar-refractivity contribution >= 4 is 34.5 Å². The van der Waals surface area contributed by atoms with E-state index in [0.717, 1.165) is 42.0 Å². The highest BCUT2D eigenvalue weighted by atomic mass is 16.5. The van der Waals surface area contributed by atoms with Crippen molar-refractivity contribution in [1.29, 1.82) is 0 Å². The maximum Gasteiger partial charge on any atom is 0.296 e. The highest BCUT2D eigenvalue weighted by Crippen LogP contribution is 2.38. The standard InChI is InChI=1S/C36H42N4O5/c1-3-19-43-21-23-45-24-22-44-20-18-37-26-28-10-14-30(15-11-28)39-35(29-8-6-5-7-9-29)34-31-16-12-27(13-17-33(41)38-4-2)25-32(31)40-36(34)42/h5-12,14-16,25,37,39H,3-4,18-24,26H2,1-2H3,(H,38,41)(H,40,42)/b35-34-. The van der Waals surface area contributed by atoms with Crippen LogP contribution >= 0.6 is 0 Å². The predicted molar refractivity (Wildman–Crippen MR) is 178 cm³/mol. The fraction of sp³-hybridized carbons (Fsp3) is 0.333. The number of fused-ring (bicyclic) bond motifs is 1. The number of hydrogen-bond donors (Lipinski definition) is 4. The van der Waals surface area contributed by atoms with Crippen molar-refractivity contribution in [2.45, 2.75) is 26.8 Å². The number of nitrogens with one attached hydrogen (secondary N) is 4. The van der Waals surface area contributed by atoms with Crippen LogP contribution in [0.5, 0.6) is 0 Å². The Bertz CT molecular complexity index is 1490. The van der Waals surface area contributed by atoms with E-state index in [2.05, 4.69) is 52.2 Å². The van der Waals surface area contributed by atoms with Crippen LogP contribution in [0, 0.1) is 11.8 Å². The number of carbonyl (C=O) groups excluding carboxylic acids is 2. The Morgan fingerprint density at radius 2 is 1.56 bits per heavy atom. The second-order valence-electron chi connectivity index (χ2n) is 10.3. The van der Waals surface area contributed by atoms with Gasteiger partial charge in [-0.15, -0.1) is 0 Å². The van der Waals surface area contributed by atoms with Crippen LogP contribution < -0.4 is 21.3 Å². The van der Waals surface area contributed by atoms with Crippen molar-refractivity contribution in [1.82, 2.24) is 10.6 Å². The van der Waals surface area contributed by atoms with Gasteiger partial charge in [0.15, 0.2) is 0 Å². The molecule has 0 radical (unpaired) electrons. The Morgan fingerprint density at radius 3 is 2.27 bits per heavy atom. The molecule has 3 aromatic rings. The zero-order valence-electron chi connectivity index (χ0n) is 26.0. The average molecular weight is 611 g/mol. The van der Waals surface area contributed by atoms with Gasteiger partial charge in [-0.1, -0.05) is 61.4 Å². The van der Waals surface area contributed by atoms with Gasteiger partial charge >= 0.3 is 0 Å². The number of anilines is 2. The lowest BCUT2D eigenvalue weighted by Gasteiger charge is -2.15. The summed E-state index contributed by atoms with van der Waals surface area (Å²) in [5.41, 5.74) is 6.19. The van der Waals surface area contributed by atoms with E-state index in [4.69, 9.17) is 14.2 Å². The van der Waals surface area contributed by atoms with E-state index in [0.29, 0.717) is 68.6 Å². The first-order chi connectivity index (χ1) is 22.1. The molecule has 0 atom stereocenters. The van der Waals surface area contributed by atoms with E-state index in [1.54, 1.807) is 6.07 Å². The van der Waals surface area contributed by atoms with Crippen molar-refractivity contribution in [3.63, 3.8) is 0 Å². The van der Waals surface area contributed by atoms with Gasteiger partial charge in [0.2, 0.25) is 0 Å². The summed E-state index contributed by atoms with van der Waals surface area (Å²) < 4.78 is 16.5. The summed E-state index contributed by atoms with van der Waals surface area (Å²) in [5, 5.41) is 12.5. The molecule has 4 rings (SSSR count). The Kier molecular flexibility index (Phi) is 13.6. The first-order valence-electron chi connectivity index (χ1n) is 15.4. The highest BCUT2D eigenvalue weighted by molar-refractivity contribution is 6.37. The molecule has 3 aromatic carbocycles. The SMILES string of the molecule is CCCOCCOCCOCCNCc1ccc(N/C(=C2\C(=O)Nc3cc(C#CC(=O)NCC)ccc32)c2ccccc2)cc1. The first kappa shape index (κ1) is 33.4. The number of rotatable bonds is 17. The number of carbonyl (C=O) groups is 2. The predicted octanol–water partition coefficient (Wildman–Crippen LogP) is 4.66. The maximum absolute atomic E-state index is 13.3. The van der Waals surface area contributed by atoms with Crippen LogP contribution in [-0.4, -0.2) is 64.5 Å². The van der Waals surface area contributed by atoms with Gasteiger partial charge in [-0.3, -0.25) is 9.59 Å². The molecule has 1 heterocycles. The molecule has 4 N–H and O–H groups in total. The van der Waals surface area contributed by atoms with Crippen molar-refractivity contribution in [3.05, 3.63) is 95.1 Å². The average Bonchev–Trinajstić information content (AvgIpc) is 3.39. The molecule has 236 valence electrons. The minimum Gasteiger partial charge on any atom is -0.379 e. The summed E-state index contributed by atoms with van der Waals surface area (Å²) in [5.74, 6) is 4.90. The topological polar surface area (TPSA) is 110 Å². The largest absolute Gasteiger partial charge is 0.379 e. The van der Waals surface area contributed by atoms with Crippen molar-refractivity contribution < 1.29 is 23.8 Å². The van der Waals surface area contributed by atoms with Crippen LogP contribution in [0.2, 0.25) is 0 Å². The number of hydrogen-bond acceptors (Lipinski definition) is 7. The molecular formula is C36H42N4O5. The molecule has 0 aromatic heterocycles. The third-order valence-corrected chi connectivity index (χ3v) is 6.80. The van der Waals surface area contributed by atoms with Crippen LogP contribution in [0.15, 0.2) is 72.8 Å². The molecule has 9 nitrogen and oxygen atoms in total. The van der Waals surface area contributed by atoms with Gasteiger partial charge in [0.05, 0.1) is 50.0 Å². The Labute approximate surface area is 265 Å². The van der Waals surface area contributed by atoms with Crippen molar-refractivity contribution in [2.24, 2.45) is 0 Å². The normalized spacial score (nSPS) is 13.0. The Morgan fingerprint density at radius 1 is 0.844 bits per heavy atom. The van der Waals surface area contributed by atoms with E-state index < -0.39 is 0 Å². The molecule has 9 heteroatoms. The highest BCUT2D eigenvalue weighted by Gasteiger charge is 2.28. The first-order valence-corrected chi connectivity index (χ1v) is 15.4. The maximum atomic E-state index is 13.3. The lowest BCUT2D eigenvalue weighted by molar-refractivity contribution is -0.115. The van der Waals surface area contributed by atoms with Crippen LogP contribution in [0.1, 0.15) is 42.5 Å². The summed E-state index contributed by atoms with van der Waals surface area (Å²) in [6.07, 6.45) is 1.02. The third kappa shape index (κ3) is 10.6. The van der Waals surface area contributed by atoms with E-state index >= 15 is 0 Å². The quantitative estimate of drug-likeness (QED) is 0.100. The van der Waals surface area contributed by atoms with Crippen molar-refractivity contribution in [2.75, 3.05) is 63.4 Å².